The summed E-state index contributed by atoms with van der Waals surface area (Å²) in [6.07, 6.45) is -1.01. The Hall–Kier alpha value is -3.29. The maximum atomic E-state index is 13.7. The molecule has 2 saturated heterocycles. The molecule has 6 rings (SSSR count). The number of halogens is 3. The van der Waals surface area contributed by atoms with Crippen LogP contribution in [-0.4, -0.2) is 17.9 Å². The number of carbonyl (C=O) groups excluding carboxylic acids is 2. The van der Waals surface area contributed by atoms with Crippen molar-refractivity contribution in [2.24, 2.45) is 5.92 Å². The van der Waals surface area contributed by atoms with Crippen LogP contribution in [0.5, 0.6) is 0 Å². The predicted octanol–water partition coefficient (Wildman–Crippen LogP) is 6.96. The molecule has 0 radical (unpaired) electrons. The standard InChI is InChI=1S/C27H17Cl3N2O4/c28-15-6-9-17(10-7-15)31-26(33)23-24(32(36-25(23)27(31)34)18-4-2-1-3-5-18)22-13-12-21(35-22)19-14-16(29)8-11-20(19)30/h1-14,23-25H/t23-,24-,25-/m1/s1. The van der Waals surface area contributed by atoms with Crippen molar-refractivity contribution >= 4 is 58.0 Å². The fourth-order valence-electron chi connectivity index (χ4n) is 4.69. The summed E-state index contributed by atoms with van der Waals surface area (Å²) in [6, 6.07) is 23.7. The number of carbonyl (C=O) groups is 2. The summed E-state index contributed by atoms with van der Waals surface area (Å²) >= 11 is 18.6. The second-order valence-corrected chi connectivity index (χ2v) is 9.75. The maximum Gasteiger partial charge on any atom is 0.266 e. The van der Waals surface area contributed by atoms with E-state index in [2.05, 4.69) is 0 Å². The van der Waals surface area contributed by atoms with Gasteiger partial charge in [0.05, 0.1) is 16.4 Å². The van der Waals surface area contributed by atoms with E-state index in [1.54, 1.807) is 59.7 Å². The first-order valence-electron chi connectivity index (χ1n) is 11.1. The van der Waals surface area contributed by atoms with Gasteiger partial charge in [-0.1, -0.05) is 53.0 Å². The number of hydroxylamine groups is 1. The smallest absolute Gasteiger partial charge is 0.266 e. The van der Waals surface area contributed by atoms with Crippen molar-refractivity contribution in [2.45, 2.75) is 12.1 Å². The van der Waals surface area contributed by atoms with Gasteiger partial charge in [0.25, 0.3) is 5.91 Å². The predicted molar refractivity (Wildman–Crippen MR) is 138 cm³/mol. The lowest BCUT2D eigenvalue weighted by atomic mass is 9.94. The molecular weight excluding hydrogens is 523 g/mol. The minimum Gasteiger partial charge on any atom is -0.459 e. The monoisotopic (exact) mass is 538 g/mol. The summed E-state index contributed by atoms with van der Waals surface area (Å²) in [5.74, 6) is -0.714. The summed E-state index contributed by atoms with van der Waals surface area (Å²) in [7, 11) is 0. The third kappa shape index (κ3) is 3.78. The molecule has 2 amide bonds. The van der Waals surface area contributed by atoms with Crippen LogP contribution in [-0.2, 0) is 14.4 Å². The molecule has 4 aromatic rings. The Balaban J connectivity index is 1.43. The number of hydrogen-bond donors (Lipinski definition) is 0. The fourth-order valence-corrected chi connectivity index (χ4v) is 5.20. The second kappa shape index (κ2) is 8.98. The molecule has 0 unspecified atom stereocenters. The van der Waals surface area contributed by atoms with Crippen molar-refractivity contribution in [1.82, 2.24) is 0 Å². The van der Waals surface area contributed by atoms with E-state index in [1.807, 2.05) is 30.3 Å². The Morgan fingerprint density at radius 1 is 0.722 bits per heavy atom. The van der Waals surface area contributed by atoms with Crippen LogP contribution in [0, 0.1) is 5.92 Å². The van der Waals surface area contributed by atoms with Crippen LogP contribution in [0.1, 0.15) is 11.8 Å². The number of anilines is 2. The number of nitrogens with zero attached hydrogens (tertiary/aromatic N) is 2. The van der Waals surface area contributed by atoms with E-state index >= 15 is 0 Å². The van der Waals surface area contributed by atoms with Crippen molar-refractivity contribution in [3.63, 3.8) is 0 Å². The number of furan rings is 1. The van der Waals surface area contributed by atoms with Crippen molar-refractivity contribution in [1.29, 1.82) is 0 Å². The van der Waals surface area contributed by atoms with E-state index in [0.29, 0.717) is 43.5 Å². The third-order valence-electron chi connectivity index (χ3n) is 6.32. The molecule has 9 heteroatoms. The molecule has 2 aliphatic rings. The SMILES string of the molecule is O=C1[C@@H]2[C@@H](c3ccc(-c4cc(Cl)ccc4Cl)o3)N(c3ccccc3)O[C@H]2C(=O)N1c1ccc(Cl)cc1. The van der Waals surface area contributed by atoms with Crippen molar-refractivity contribution < 1.29 is 18.8 Å². The van der Waals surface area contributed by atoms with E-state index in [-0.39, 0.29) is 5.91 Å². The van der Waals surface area contributed by atoms with Crippen LogP contribution < -0.4 is 9.96 Å². The van der Waals surface area contributed by atoms with Gasteiger partial charge in [0.2, 0.25) is 5.91 Å². The summed E-state index contributed by atoms with van der Waals surface area (Å²) in [5.41, 5.74) is 1.74. The van der Waals surface area contributed by atoms with Crippen LogP contribution in [0.3, 0.4) is 0 Å². The van der Waals surface area contributed by atoms with Crippen molar-refractivity contribution in [3.8, 4) is 11.3 Å². The first-order valence-corrected chi connectivity index (χ1v) is 12.3. The number of imide groups is 1. The summed E-state index contributed by atoms with van der Waals surface area (Å²) in [5, 5.41) is 3.07. The normalized spacial score (nSPS) is 21.4. The lowest BCUT2D eigenvalue weighted by molar-refractivity contribution is -0.126. The second-order valence-electron chi connectivity index (χ2n) is 8.47. The minimum absolute atomic E-state index is 0.380. The molecule has 6 nitrogen and oxygen atoms in total. The molecular formula is C27H17Cl3N2O4. The molecule has 0 N–H and O–H groups in total. The molecule has 36 heavy (non-hydrogen) atoms. The van der Waals surface area contributed by atoms with E-state index < -0.39 is 24.0 Å². The highest BCUT2D eigenvalue weighted by atomic mass is 35.5. The molecule has 0 aliphatic carbocycles. The fraction of sp³-hybridized carbons (Fsp3) is 0.111. The lowest BCUT2D eigenvalue weighted by Crippen LogP contribution is -2.37. The maximum absolute atomic E-state index is 13.7. The summed E-state index contributed by atoms with van der Waals surface area (Å²) in [4.78, 5) is 34.4. The third-order valence-corrected chi connectivity index (χ3v) is 7.14. The highest BCUT2D eigenvalue weighted by Gasteiger charge is 2.61. The number of amides is 2. The molecule has 2 fully saturated rings. The van der Waals surface area contributed by atoms with Gasteiger partial charge in [-0.05, 0) is 66.7 Å². The van der Waals surface area contributed by atoms with Crippen LogP contribution >= 0.6 is 34.8 Å². The Bertz CT molecular complexity index is 1470. The largest absolute Gasteiger partial charge is 0.459 e. The molecule has 2 aliphatic heterocycles. The van der Waals surface area contributed by atoms with E-state index in [0.717, 1.165) is 4.90 Å². The molecule has 3 atom stereocenters. The highest BCUT2D eigenvalue weighted by molar-refractivity contribution is 6.35. The van der Waals surface area contributed by atoms with Gasteiger partial charge in [-0.2, -0.15) is 0 Å². The number of para-hydroxylation sites is 1. The molecule has 3 heterocycles. The summed E-state index contributed by atoms with van der Waals surface area (Å²) in [6.45, 7) is 0. The van der Waals surface area contributed by atoms with Gasteiger partial charge < -0.3 is 4.42 Å². The first-order chi connectivity index (χ1) is 17.4. The zero-order valence-electron chi connectivity index (χ0n) is 18.5. The Labute approximate surface area is 221 Å². The quantitative estimate of drug-likeness (QED) is 0.262. The van der Waals surface area contributed by atoms with Crippen LogP contribution in [0.2, 0.25) is 15.1 Å². The molecule has 180 valence electrons. The minimum atomic E-state index is -1.01. The van der Waals surface area contributed by atoms with E-state index in [1.165, 1.54) is 0 Å². The van der Waals surface area contributed by atoms with E-state index in [9.17, 15) is 9.59 Å². The van der Waals surface area contributed by atoms with Gasteiger partial charge >= 0.3 is 0 Å². The average molecular weight is 540 g/mol. The lowest BCUT2D eigenvalue weighted by Gasteiger charge is -2.27. The highest BCUT2D eigenvalue weighted by Crippen LogP contribution is 2.48. The Morgan fingerprint density at radius 2 is 1.44 bits per heavy atom. The molecule has 0 saturated carbocycles. The first kappa shape index (κ1) is 23.1. The number of hydrogen-bond acceptors (Lipinski definition) is 5. The van der Waals surface area contributed by atoms with Crippen molar-refractivity contribution in [3.05, 3.63) is 106 Å². The van der Waals surface area contributed by atoms with Crippen LogP contribution in [0.15, 0.2) is 89.3 Å². The van der Waals surface area contributed by atoms with Gasteiger partial charge in [0.15, 0.2) is 6.10 Å². The average Bonchev–Trinajstić information content (AvgIpc) is 3.57. The van der Waals surface area contributed by atoms with Crippen LogP contribution in [0.25, 0.3) is 11.3 Å². The summed E-state index contributed by atoms with van der Waals surface area (Å²) < 4.78 is 6.23. The molecule has 1 aromatic heterocycles. The Kier molecular flexibility index (Phi) is 5.77. The van der Waals surface area contributed by atoms with Gasteiger partial charge in [-0.15, -0.1) is 0 Å². The van der Waals surface area contributed by atoms with E-state index in [4.69, 9.17) is 44.1 Å². The molecule has 0 spiro atoms. The van der Waals surface area contributed by atoms with Crippen molar-refractivity contribution in [2.75, 3.05) is 9.96 Å². The van der Waals surface area contributed by atoms with Gasteiger partial charge in [0, 0.05) is 15.6 Å². The molecule has 0 bridgehead atoms. The molecule has 3 aromatic carbocycles. The Morgan fingerprint density at radius 3 is 2.19 bits per heavy atom. The number of benzene rings is 3. The topological polar surface area (TPSA) is 63.0 Å². The van der Waals surface area contributed by atoms with Gasteiger partial charge in [-0.25, -0.2) is 9.96 Å². The van der Waals surface area contributed by atoms with Gasteiger partial charge in [-0.3, -0.25) is 14.4 Å². The zero-order valence-corrected chi connectivity index (χ0v) is 20.7. The van der Waals surface area contributed by atoms with Gasteiger partial charge in [0.1, 0.15) is 23.5 Å². The zero-order chi connectivity index (χ0) is 25.0. The van der Waals surface area contributed by atoms with Crippen LogP contribution in [0.4, 0.5) is 11.4 Å². The number of rotatable bonds is 4. The number of fused-ring (bicyclic) bond motifs is 1.